The number of nitrogens with zero attached hydrogens (tertiary/aromatic N) is 5. The normalized spacial score (nSPS) is 15.4. The molecule has 0 saturated heterocycles. The van der Waals surface area contributed by atoms with Crippen molar-refractivity contribution in [3.8, 4) is 0 Å². The van der Waals surface area contributed by atoms with E-state index < -0.39 is 0 Å². The Kier molecular flexibility index (Phi) is 8.09. The van der Waals surface area contributed by atoms with E-state index in [9.17, 15) is 4.79 Å². The van der Waals surface area contributed by atoms with Gasteiger partial charge in [0.25, 0.3) is 5.56 Å². The zero-order valence-electron chi connectivity index (χ0n) is 22.1. The smallest absolute Gasteiger partial charge is 0.252 e. The summed E-state index contributed by atoms with van der Waals surface area (Å²) in [5.41, 5.74) is 4.16. The van der Waals surface area contributed by atoms with E-state index in [-0.39, 0.29) is 11.6 Å². The molecule has 1 N–H and O–H groups in total. The van der Waals surface area contributed by atoms with Crippen molar-refractivity contribution in [2.75, 3.05) is 0 Å². The van der Waals surface area contributed by atoms with Crippen LogP contribution in [0.3, 0.4) is 0 Å². The number of rotatable bonds is 10. The summed E-state index contributed by atoms with van der Waals surface area (Å²) in [5, 5.41) is 14.2. The number of fused-ring (bicyclic) bond motifs is 1. The molecule has 2 aromatic carbocycles. The third-order valence-corrected chi connectivity index (χ3v) is 7.75. The molecule has 0 radical (unpaired) electrons. The zero-order chi connectivity index (χ0) is 25.6. The third-order valence-electron chi connectivity index (χ3n) is 7.75. The Bertz CT molecular complexity index is 1360. The molecule has 1 fully saturated rings. The molecule has 0 spiro atoms. The molecule has 0 bridgehead atoms. The molecular weight excluding hydrogens is 460 g/mol. The van der Waals surface area contributed by atoms with Crippen LogP contribution in [0.25, 0.3) is 10.9 Å². The van der Waals surface area contributed by atoms with Gasteiger partial charge in [0.05, 0.1) is 6.04 Å². The first kappa shape index (κ1) is 25.3. The lowest BCUT2D eigenvalue weighted by Crippen LogP contribution is -2.41. The van der Waals surface area contributed by atoms with Gasteiger partial charge < -0.3 is 4.98 Å². The lowest BCUT2D eigenvalue weighted by atomic mass is 9.91. The van der Waals surface area contributed by atoms with Crippen LogP contribution in [-0.2, 0) is 19.5 Å². The number of nitrogens with one attached hydrogen (secondary N) is 1. The summed E-state index contributed by atoms with van der Waals surface area (Å²) >= 11 is 0. The van der Waals surface area contributed by atoms with Gasteiger partial charge in [0, 0.05) is 30.2 Å². The highest BCUT2D eigenvalue weighted by molar-refractivity contribution is 5.79. The summed E-state index contributed by atoms with van der Waals surface area (Å²) in [4.78, 5) is 18.9. The van der Waals surface area contributed by atoms with Gasteiger partial charge in [0.15, 0.2) is 5.82 Å². The zero-order valence-corrected chi connectivity index (χ0v) is 22.1. The van der Waals surface area contributed by atoms with Crippen LogP contribution in [0, 0.1) is 6.92 Å². The second-order valence-corrected chi connectivity index (χ2v) is 10.5. The SMILES string of the molecule is CCC[C@H](c1nnnn1CCc1ccccc1)N(Cc1cc2cc(C)ccc2[nH]c1=O)C1CCCCC1. The van der Waals surface area contributed by atoms with Crippen molar-refractivity contribution in [3.05, 3.63) is 87.5 Å². The van der Waals surface area contributed by atoms with E-state index in [2.05, 4.69) is 75.7 Å². The lowest BCUT2D eigenvalue weighted by Gasteiger charge is -2.39. The van der Waals surface area contributed by atoms with Crippen molar-refractivity contribution in [1.29, 1.82) is 0 Å². The lowest BCUT2D eigenvalue weighted by molar-refractivity contribution is 0.0809. The largest absolute Gasteiger partial charge is 0.322 e. The molecule has 1 aliphatic carbocycles. The van der Waals surface area contributed by atoms with Crippen LogP contribution in [0.15, 0.2) is 59.4 Å². The number of H-pyrrole nitrogens is 1. The maximum atomic E-state index is 13.2. The molecule has 5 rings (SSSR count). The molecule has 1 aliphatic rings. The average molecular weight is 499 g/mol. The van der Waals surface area contributed by atoms with Crippen LogP contribution in [0.4, 0.5) is 0 Å². The monoisotopic (exact) mass is 498 g/mol. The van der Waals surface area contributed by atoms with Crippen molar-refractivity contribution >= 4 is 10.9 Å². The molecule has 194 valence electrons. The van der Waals surface area contributed by atoms with Gasteiger partial charge in [0.1, 0.15) is 0 Å². The van der Waals surface area contributed by atoms with Crippen LogP contribution < -0.4 is 5.56 Å². The predicted molar refractivity (Wildman–Crippen MR) is 147 cm³/mol. The third kappa shape index (κ3) is 5.99. The molecule has 7 heteroatoms. The van der Waals surface area contributed by atoms with Gasteiger partial charge in [-0.25, -0.2) is 4.68 Å². The average Bonchev–Trinajstić information content (AvgIpc) is 3.39. The van der Waals surface area contributed by atoms with Crippen LogP contribution in [0.5, 0.6) is 0 Å². The van der Waals surface area contributed by atoms with Gasteiger partial charge in [0.2, 0.25) is 0 Å². The number of aromatic amines is 1. The van der Waals surface area contributed by atoms with Gasteiger partial charge in [-0.3, -0.25) is 9.69 Å². The maximum absolute atomic E-state index is 13.2. The van der Waals surface area contributed by atoms with E-state index in [0.29, 0.717) is 12.6 Å². The molecule has 37 heavy (non-hydrogen) atoms. The molecule has 4 aromatic rings. The standard InChI is InChI=1S/C30H38N6O/c1-3-10-28(29-32-33-34-36(29)18-17-23-11-6-4-7-12-23)35(26-13-8-5-9-14-26)21-25-20-24-19-22(2)15-16-27(24)31-30(25)37/h4,6-7,11-12,15-16,19-20,26,28H,3,5,8-10,13-14,17-18,21H2,1-2H3,(H,31,37)/t28-/m1/s1. The first-order valence-electron chi connectivity index (χ1n) is 13.8. The van der Waals surface area contributed by atoms with Gasteiger partial charge in [-0.05, 0) is 72.2 Å². The maximum Gasteiger partial charge on any atom is 0.252 e. The molecule has 1 atom stereocenters. The van der Waals surface area contributed by atoms with Crippen molar-refractivity contribution in [2.24, 2.45) is 0 Å². The highest BCUT2D eigenvalue weighted by atomic mass is 16.1. The fourth-order valence-electron chi connectivity index (χ4n) is 5.80. The molecule has 7 nitrogen and oxygen atoms in total. The number of hydrogen-bond acceptors (Lipinski definition) is 5. The summed E-state index contributed by atoms with van der Waals surface area (Å²) in [6.07, 6.45) is 8.89. The number of benzene rings is 2. The van der Waals surface area contributed by atoms with Crippen LogP contribution in [0.1, 0.15) is 80.4 Å². The topological polar surface area (TPSA) is 79.7 Å². The van der Waals surface area contributed by atoms with E-state index in [4.69, 9.17) is 0 Å². The van der Waals surface area contributed by atoms with Crippen LogP contribution in [-0.4, -0.2) is 36.1 Å². The fraction of sp³-hybridized carbons (Fsp3) is 0.467. The van der Waals surface area contributed by atoms with Gasteiger partial charge in [-0.15, -0.1) is 5.10 Å². The number of pyridine rings is 1. The summed E-state index contributed by atoms with van der Waals surface area (Å²) < 4.78 is 1.98. The second kappa shape index (κ2) is 11.8. The molecule has 2 aromatic heterocycles. The number of aromatic nitrogens is 5. The van der Waals surface area contributed by atoms with Crippen molar-refractivity contribution in [1.82, 2.24) is 30.1 Å². The van der Waals surface area contributed by atoms with E-state index in [1.54, 1.807) is 0 Å². The molecular formula is C30H38N6O. The molecule has 0 amide bonds. The van der Waals surface area contributed by atoms with E-state index >= 15 is 0 Å². The van der Waals surface area contributed by atoms with Crippen LogP contribution >= 0.6 is 0 Å². The second-order valence-electron chi connectivity index (χ2n) is 10.5. The Hall–Kier alpha value is -3.32. The Morgan fingerprint density at radius 1 is 1.08 bits per heavy atom. The molecule has 1 saturated carbocycles. The van der Waals surface area contributed by atoms with E-state index in [1.807, 2.05) is 22.9 Å². The van der Waals surface area contributed by atoms with E-state index in [0.717, 1.165) is 60.9 Å². The van der Waals surface area contributed by atoms with Crippen molar-refractivity contribution in [3.63, 3.8) is 0 Å². The number of tetrazole rings is 1. The van der Waals surface area contributed by atoms with Gasteiger partial charge in [-0.2, -0.15) is 0 Å². The Balaban J connectivity index is 1.48. The van der Waals surface area contributed by atoms with Crippen molar-refractivity contribution < 1.29 is 0 Å². The highest BCUT2D eigenvalue weighted by Crippen LogP contribution is 2.33. The van der Waals surface area contributed by atoms with Crippen molar-refractivity contribution in [2.45, 2.75) is 90.4 Å². The van der Waals surface area contributed by atoms with Gasteiger partial charge >= 0.3 is 0 Å². The fourth-order valence-corrected chi connectivity index (χ4v) is 5.80. The molecule has 0 aliphatic heterocycles. The number of aryl methyl sites for hydroxylation is 3. The summed E-state index contributed by atoms with van der Waals surface area (Å²) in [7, 11) is 0. The van der Waals surface area contributed by atoms with E-state index in [1.165, 1.54) is 30.4 Å². The summed E-state index contributed by atoms with van der Waals surface area (Å²) in [6, 6.07) is 19.2. The quantitative estimate of drug-likeness (QED) is 0.301. The first-order chi connectivity index (χ1) is 18.1. The minimum atomic E-state index is -0.00363. The summed E-state index contributed by atoms with van der Waals surface area (Å²) in [6.45, 7) is 5.64. The predicted octanol–water partition coefficient (Wildman–Crippen LogP) is 5.74. The Morgan fingerprint density at radius 3 is 2.68 bits per heavy atom. The highest BCUT2D eigenvalue weighted by Gasteiger charge is 2.32. The number of hydrogen-bond donors (Lipinski definition) is 1. The first-order valence-corrected chi connectivity index (χ1v) is 13.8. The minimum absolute atomic E-state index is 0.00363. The molecule has 0 unspecified atom stereocenters. The Morgan fingerprint density at radius 2 is 1.89 bits per heavy atom. The minimum Gasteiger partial charge on any atom is -0.322 e. The molecule has 2 heterocycles. The van der Waals surface area contributed by atoms with Crippen LogP contribution in [0.2, 0.25) is 0 Å². The summed E-state index contributed by atoms with van der Waals surface area (Å²) in [5.74, 6) is 0.913. The Labute approximate surface area is 218 Å². The van der Waals surface area contributed by atoms with Gasteiger partial charge in [-0.1, -0.05) is 74.6 Å².